The predicted octanol–water partition coefficient (Wildman–Crippen LogP) is 4.08. The van der Waals surface area contributed by atoms with Crippen LogP contribution in [0.5, 0.6) is 0 Å². The first-order valence-corrected chi connectivity index (χ1v) is 9.73. The molecule has 2 amide bonds. The third kappa shape index (κ3) is 3.99. The topological polar surface area (TPSA) is 97.9 Å². The van der Waals surface area contributed by atoms with Crippen LogP contribution >= 0.6 is 0 Å². The fourth-order valence-corrected chi connectivity index (χ4v) is 3.46. The van der Waals surface area contributed by atoms with Gasteiger partial charge in [0.05, 0.1) is 17.4 Å². The molecule has 0 aliphatic heterocycles. The summed E-state index contributed by atoms with van der Waals surface area (Å²) in [4.78, 5) is 20.9. The van der Waals surface area contributed by atoms with Gasteiger partial charge >= 0.3 is 6.03 Å². The number of hydrogen-bond acceptors (Lipinski definition) is 4. The van der Waals surface area contributed by atoms with Crippen LogP contribution in [0.15, 0.2) is 54.9 Å². The van der Waals surface area contributed by atoms with Crippen LogP contribution < -0.4 is 16.4 Å². The van der Waals surface area contributed by atoms with E-state index in [4.69, 9.17) is 5.73 Å². The summed E-state index contributed by atoms with van der Waals surface area (Å²) in [6.07, 6.45) is 3.58. The number of amides is 2. The summed E-state index contributed by atoms with van der Waals surface area (Å²) in [5.74, 6) is 0.451. The first-order chi connectivity index (χ1) is 14.1. The number of urea groups is 1. The molecule has 7 heteroatoms. The van der Waals surface area contributed by atoms with Gasteiger partial charge in [-0.1, -0.05) is 36.4 Å². The number of imidazole rings is 1. The second kappa shape index (κ2) is 8.18. The van der Waals surface area contributed by atoms with Crippen molar-refractivity contribution in [3.8, 4) is 0 Å². The van der Waals surface area contributed by atoms with Crippen molar-refractivity contribution in [3.05, 3.63) is 60.4 Å². The highest BCUT2D eigenvalue weighted by molar-refractivity contribution is 6.06. The number of fused-ring (bicyclic) bond motifs is 3. The molecule has 29 heavy (non-hydrogen) atoms. The molecule has 0 radical (unpaired) electrons. The van der Waals surface area contributed by atoms with Crippen LogP contribution in [0.2, 0.25) is 0 Å². The molecule has 0 saturated carbocycles. The quantitative estimate of drug-likeness (QED) is 0.434. The summed E-state index contributed by atoms with van der Waals surface area (Å²) in [5.41, 5.74) is 10.6. The summed E-state index contributed by atoms with van der Waals surface area (Å²) in [5, 5.41) is 6.83. The maximum absolute atomic E-state index is 12.1. The van der Waals surface area contributed by atoms with Gasteiger partial charge < -0.3 is 20.9 Å². The molecule has 2 aromatic carbocycles. The summed E-state index contributed by atoms with van der Waals surface area (Å²) >= 11 is 0. The first kappa shape index (κ1) is 18.7. The van der Waals surface area contributed by atoms with Gasteiger partial charge in [0.2, 0.25) is 0 Å². The van der Waals surface area contributed by atoms with Crippen molar-refractivity contribution in [2.75, 3.05) is 17.6 Å². The summed E-state index contributed by atoms with van der Waals surface area (Å²) in [6, 6.07) is 15.5. The summed E-state index contributed by atoms with van der Waals surface area (Å²) < 4.78 is 2.11. The number of benzene rings is 2. The van der Waals surface area contributed by atoms with Crippen molar-refractivity contribution >= 4 is 39.5 Å². The molecule has 4 rings (SSSR count). The van der Waals surface area contributed by atoms with Gasteiger partial charge in [0.1, 0.15) is 5.52 Å². The zero-order valence-corrected chi connectivity index (χ0v) is 16.4. The maximum atomic E-state index is 12.1. The molecule has 0 atom stereocenters. The number of rotatable bonds is 6. The van der Waals surface area contributed by atoms with E-state index in [1.165, 1.54) is 0 Å². The number of para-hydroxylation sites is 2. The highest BCUT2D eigenvalue weighted by Gasteiger charge is 2.11. The lowest BCUT2D eigenvalue weighted by atomic mass is 10.2. The number of nitrogens with zero attached hydrogens (tertiary/aromatic N) is 3. The standard InChI is InChI=1S/C22H24N6O/c1-15-8-2-4-10-17(15)27-22(29)24-12-6-7-13-28-14-25-19-20(28)16-9-3-5-11-18(16)26-21(19)23/h2-5,8-11,14H,6-7,12-13H2,1H3,(H2,23,26)(H2,24,27,29). The minimum atomic E-state index is -0.183. The Morgan fingerprint density at radius 2 is 1.90 bits per heavy atom. The minimum absolute atomic E-state index is 0.183. The molecule has 0 saturated heterocycles. The number of aryl methyl sites for hydroxylation is 2. The van der Waals surface area contributed by atoms with Gasteiger partial charge in [-0.15, -0.1) is 0 Å². The van der Waals surface area contributed by atoms with Gasteiger partial charge in [0, 0.05) is 24.2 Å². The second-order valence-electron chi connectivity index (χ2n) is 7.05. The number of carbonyl (C=O) groups excluding carboxylic acids is 1. The molecule has 0 unspecified atom stereocenters. The molecule has 7 nitrogen and oxygen atoms in total. The van der Waals surface area contributed by atoms with Crippen molar-refractivity contribution in [1.29, 1.82) is 0 Å². The van der Waals surface area contributed by atoms with Crippen molar-refractivity contribution < 1.29 is 4.79 Å². The third-order valence-corrected chi connectivity index (χ3v) is 4.99. The molecule has 0 aliphatic carbocycles. The smallest absolute Gasteiger partial charge is 0.319 e. The summed E-state index contributed by atoms with van der Waals surface area (Å²) in [6.45, 7) is 3.37. The Balaban J connectivity index is 1.34. The van der Waals surface area contributed by atoms with Gasteiger partial charge in [-0.05, 0) is 37.5 Å². The molecule has 2 heterocycles. The largest absolute Gasteiger partial charge is 0.382 e. The van der Waals surface area contributed by atoms with Crippen LogP contribution in [-0.2, 0) is 6.54 Å². The highest BCUT2D eigenvalue weighted by Crippen LogP contribution is 2.27. The monoisotopic (exact) mass is 388 g/mol. The van der Waals surface area contributed by atoms with Crippen molar-refractivity contribution in [2.24, 2.45) is 0 Å². The van der Waals surface area contributed by atoms with Crippen LogP contribution in [0, 0.1) is 6.92 Å². The molecular weight excluding hydrogens is 364 g/mol. The Bertz CT molecular complexity index is 1170. The third-order valence-electron chi connectivity index (χ3n) is 4.99. The van der Waals surface area contributed by atoms with Gasteiger partial charge in [-0.3, -0.25) is 0 Å². The number of pyridine rings is 1. The van der Waals surface area contributed by atoms with Crippen molar-refractivity contribution in [3.63, 3.8) is 0 Å². The van der Waals surface area contributed by atoms with E-state index in [2.05, 4.69) is 25.2 Å². The highest BCUT2D eigenvalue weighted by atomic mass is 16.2. The molecular formula is C22H24N6O. The van der Waals surface area contributed by atoms with Gasteiger partial charge in [0.25, 0.3) is 0 Å². The Kier molecular flexibility index (Phi) is 5.29. The van der Waals surface area contributed by atoms with Gasteiger partial charge in [-0.2, -0.15) is 0 Å². The number of aromatic nitrogens is 3. The number of carbonyl (C=O) groups is 1. The average Bonchev–Trinajstić information content (AvgIpc) is 3.15. The van der Waals surface area contributed by atoms with E-state index in [0.717, 1.165) is 52.6 Å². The van der Waals surface area contributed by atoms with E-state index in [1.54, 1.807) is 0 Å². The van der Waals surface area contributed by atoms with E-state index >= 15 is 0 Å². The van der Waals surface area contributed by atoms with Crippen molar-refractivity contribution in [1.82, 2.24) is 19.9 Å². The van der Waals surface area contributed by atoms with Crippen LogP contribution in [0.3, 0.4) is 0 Å². The van der Waals surface area contributed by atoms with Crippen LogP contribution in [0.1, 0.15) is 18.4 Å². The maximum Gasteiger partial charge on any atom is 0.319 e. The number of anilines is 2. The Hall–Kier alpha value is -3.61. The Morgan fingerprint density at radius 1 is 1.10 bits per heavy atom. The molecule has 148 valence electrons. The fourth-order valence-electron chi connectivity index (χ4n) is 3.46. The number of nitrogens with one attached hydrogen (secondary N) is 2. The number of unbranched alkanes of at least 4 members (excludes halogenated alkanes) is 1. The summed E-state index contributed by atoms with van der Waals surface area (Å²) in [7, 11) is 0. The number of nitrogens with two attached hydrogens (primary N) is 1. The molecule has 4 N–H and O–H groups in total. The Morgan fingerprint density at radius 3 is 2.76 bits per heavy atom. The van der Waals surface area contributed by atoms with Crippen LogP contribution in [-0.4, -0.2) is 27.1 Å². The predicted molar refractivity (Wildman–Crippen MR) is 117 cm³/mol. The number of hydrogen-bond donors (Lipinski definition) is 3. The lowest BCUT2D eigenvalue weighted by Gasteiger charge is -2.10. The zero-order valence-electron chi connectivity index (χ0n) is 16.4. The van der Waals surface area contributed by atoms with Crippen LogP contribution in [0.4, 0.5) is 16.3 Å². The minimum Gasteiger partial charge on any atom is -0.382 e. The second-order valence-corrected chi connectivity index (χ2v) is 7.05. The van der Waals surface area contributed by atoms with Crippen LogP contribution in [0.25, 0.3) is 21.9 Å². The lowest BCUT2D eigenvalue weighted by molar-refractivity contribution is 0.252. The van der Waals surface area contributed by atoms with Crippen molar-refractivity contribution in [2.45, 2.75) is 26.3 Å². The Labute approximate surface area is 169 Å². The molecule has 0 fully saturated rings. The van der Waals surface area contributed by atoms with E-state index in [9.17, 15) is 4.79 Å². The number of nitrogen functional groups attached to an aromatic ring is 1. The lowest BCUT2D eigenvalue weighted by Crippen LogP contribution is -2.29. The van der Waals surface area contributed by atoms with E-state index < -0.39 is 0 Å². The zero-order chi connectivity index (χ0) is 20.2. The van der Waals surface area contributed by atoms with Gasteiger partial charge in [0.15, 0.2) is 5.82 Å². The molecule has 0 bridgehead atoms. The SMILES string of the molecule is Cc1ccccc1NC(=O)NCCCCn1cnc2c(N)nc3ccccc3c21. The normalized spacial score (nSPS) is 11.1. The molecule has 4 aromatic rings. The van der Waals surface area contributed by atoms with E-state index in [1.807, 2.05) is 61.8 Å². The fraction of sp³-hybridized carbons (Fsp3) is 0.227. The van der Waals surface area contributed by atoms with Gasteiger partial charge in [-0.25, -0.2) is 14.8 Å². The molecule has 2 aromatic heterocycles. The molecule has 0 spiro atoms. The van der Waals surface area contributed by atoms with E-state index in [-0.39, 0.29) is 6.03 Å². The van der Waals surface area contributed by atoms with E-state index in [0.29, 0.717) is 12.4 Å². The molecule has 0 aliphatic rings. The first-order valence-electron chi connectivity index (χ1n) is 9.73. The average molecular weight is 388 g/mol.